The van der Waals surface area contributed by atoms with Crippen LogP contribution in [0, 0.1) is 62.3 Å². The molecule has 0 fully saturated rings. The van der Waals surface area contributed by atoms with E-state index in [1.165, 1.54) is 39.6 Å². The first-order chi connectivity index (χ1) is 18.4. The number of rotatable bonds is 2. The van der Waals surface area contributed by atoms with Crippen molar-refractivity contribution in [3.05, 3.63) is 138 Å². The summed E-state index contributed by atoms with van der Waals surface area (Å²) in [5, 5.41) is 0. The second-order valence-corrected chi connectivity index (χ2v) is 9.98. The Morgan fingerprint density at radius 3 is 2.28 bits per heavy atom. The minimum absolute atomic E-state index is 0. The molecule has 0 saturated heterocycles. The van der Waals surface area contributed by atoms with Crippen molar-refractivity contribution in [2.45, 2.75) is 53.9 Å². The number of hydrogen-bond donors (Lipinski definition) is 0. The van der Waals surface area contributed by atoms with Crippen LogP contribution in [0.15, 0.2) is 115 Å². The smallest absolute Gasteiger partial charge is 0.122 e. The molecule has 2 aromatic carbocycles. The van der Waals surface area contributed by atoms with Crippen LogP contribution >= 0.6 is 0 Å². The number of allylic oxidation sites excluding steroid dienone is 4. The van der Waals surface area contributed by atoms with Gasteiger partial charge in [0.05, 0.1) is 0 Å². The van der Waals surface area contributed by atoms with E-state index in [1.807, 2.05) is 56.3 Å². The molecular weight excluding hydrogens is 628 g/mol. The van der Waals surface area contributed by atoms with Crippen molar-refractivity contribution >= 4 is 0 Å². The Morgan fingerprint density at radius 2 is 1.64 bits per heavy atom. The van der Waals surface area contributed by atoms with Gasteiger partial charge >= 0.3 is 0 Å². The van der Waals surface area contributed by atoms with Crippen LogP contribution < -0.4 is 4.57 Å². The number of pyridine rings is 2. The standard InChI is InChI=1S/C23H25N.C11H8N.C2H6.Er/c1-15-11-12-23(5)21-13-16(2)20(19-9-7-6-8-10-19)14-24(21)18(4)22(23)17(15)3;1-2-6-10(7-3-1)11-8-4-5-9-12-11;1-2;/h6-15H,1-5H3;1-6,8-9H;1-2H3;/q;-1;;. The van der Waals surface area contributed by atoms with Gasteiger partial charge in [0.15, 0.2) is 0 Å². The van der Waals surface area contributed by atoms with Crippen LogP contribution in [-0.4, -0.2) is 4.98 Å². The third-order valence-electron chi connectivity index (χ3n) is 7.60. The summed E-state index contributed by atoms with van der Waals surface area (Å²) in [6.07, 6.45) is 8.89. The molecule has 0 saturated carbocycles. The number of aryl methyl sites for hydroxylation is 1. The van der Waals surface area contributed by atoms with Crippen LogP contribution in [0.25, 0.3) is 22.4 Å². The van der Waals surface area contributed by atoms with Crippen LogP contribution in [0.4, 0.5) is 0 Å². The van der Waals surface area contributed by atoms with Gasteiger partial charge in [0.2, 0.25) is 0 Å². The zero-order valence-electron chi connectivity index (χ0n) is 24.1. The fraction of sp³-hybridized carbons (Fsp3) is 0.250. The minimum Gasteiger partial charge on any atom is -0.305 e. The van der Waals surface area contributed by atoms with Crippen LogP contribution in [0.1, 0.15) is 52.8 Å². The van der Waals surface area contributed by atoms with Crippen LogP contribution in [0.3, 0.4) is 0 Å². The average molecular weight is 667 g/mol. The van der Waals surface area contributed by atoms with Crippen molar-refractivity contribution in [1.82, 2.24) is 4.98 Å². The van der Waals surface area contributed by atoms with E-state index < -0.39 is 0 Å². The molecule has 6 rings (SSSR count). The monoisotopic (exact) mass is 665 g/mol. The van der Waals surface area contributed by atoms with Gasteiger partial charge in [-0.25, -0.2) is 0 Å². The Hall–Kier alpha value is -2.66. The first kappa shape index (κ1) is 30.9. The molecule has 206 valence electrons. The van der Waals surface area contributed by atoms with E-state index in [4.69, 9.17) is 0 Å². The number of aromatic nitrogens is 2. The van der Waals surface area contributed by atoms with Gasteiger partial charge in [0.25, 0.3) is 0 Å². The third-order valence-corrected chi connectivity index (χ3v) is 7.60. The Morgan fingerprint density at radius 1 is 0.949 bits per heavy atom. The summed E-state index contributed by atoms with van der Waals surface area (Å²) in [7, 11) is 0. The molecule has 2 nitrogen and oxygen atoms in total. The Kier molecular flexibility index (Phi) is 10.8. The van der Waals surface area contributed by atoms with Crippen LogP contribution in [-0.2, 0) is 5.41 Å². The van der Waals surface area contributed by atoms with Gasteiger partial charge in [-0.05, 0) is 48.7 Å². The van der Waals surface area contributed by atoms with Gasteiger partial charge in [-0.3, -0.25) is 4.57 Å². The molecule has 0 N–H and O–H groups in total. The Labute approximate surface area is 265 Å². The maximum Gasteiger partial charge on any atom is 0.122 e. The predicted octanol–water partition coefficient (Wildman–Crippen LogP) is 8.72. The van der Waals surface area contributed by atoms with Crippen molar-refractivity contribution in [3.63, 3.8) is 0 Å². The average Bonchev–Trinajstić information content (AvgIpc) is 3.19. The maximum atomic E-state index is 4.22. The van der Waals surface area contributed by atoms with Crippen molar-refractivity contribution in [3.8, 4) is 22.4 Å². The predicted molar refractivity (Wildman–Crippen MR) is 159 cm³/mol. The van der Waals surface area contributed by atoms with Crippen LogP contribution in [0.5, 0.6) is 0 Å². The first-order valence-corrected chi connectivity index (χ1v) is 13.7. The zero-order valence-corrected chi connectivity index (χ0v) is 25.9. The molecule has 2 atom stereocenters. The molecule has 0 amide bonds. The van der Waals surface area contributed by atoms with Crippen molar-refractivity contribution < 1.29 is 41.9 Å². The second-order valence-electron chi connectivity index (χ2n) is 9.98. The normalized spacial score (nSPS) is 18.5. The molecule has 3 heterocycles. The zero-order chi connectivity index (χ0) is 27.3. The molecule has 39 heavy (non-hydrogen) atoms. The summed E-state index contributed by atoms with van der Waals surface area (Å²) < 4.78 is 2.41. The summed E-state index contributed by atoms with van der Waals surface area (Å²) in [5.74, 6) is 0.521. The van der Waals surface area contributed by atoms with E-state index in [0.717, 1.165) is 11.3 Å². The number of fused-ring (bicyclic) bond motifs is 3. The van der Waals surface area contributed by atoms with E-state index in [0.29, 0.717) is 5.92 Å². The number of hydrogen-bond acceptors (Lipinski definition) is 1. The Balaban J connectivity index is 0.000000237. The fourth-order valence-corrected chi connectivity index (χ4v) is 5.52. The quantitative estimate of drug-likeness (QED) is 0.119. The molecule has 1 aliphatic heterocycles. The van der Waals surface area contributed by atoms with E-state index in [9.17, 15) is 0 Å². The third kappa shape index (κ3) is 6.24. The summed E-state index contributed by atoms with van der Waals surface area (Å²) in [6, 6.07) is 31.3. The largest absolute Gasteiger partial charge is 0.305 e. The van der Waals surface area contributed by atoms with E-state index in [2.05, 4.69) is 105 Å². The number of benzene rings is 2. The molecule has 0 radical (unpaired) electrons. The fourth-order valence-electron chi connectivity index (χ4n) is 5.52. The second kappa shape index (κ2) is 13.6. The van der Waals surface area contributed by atoms with Gasteiger partial charge in [0.1, 0.15) is 17.9 Å². The van der Waals surface area contributed by atoms with Gasteiger partial charge in [-0.15, -0.1) is 41.5 Å². The topological polar surface area (TPSA) is 16.8 Å². The van der Waals surface area contributed by atoms with Gasteiger partial charge in [-0.1, -0.05) is 94.8 Å². The first-order valence-electron chi connectivity index (χ1n) is 13.7. The minimum atomic E-state index is 0. The van der Waals surface area contributed by atoms with Crippen molar-refractivity contribution in [2.75, 3.05) is 0 Å². The molecule has 4 aromatic rings. The molecular formula is C36H39ErN2-. The number of nitrogens with zero attached hydrogens (tertiary/aromatic N) is 2. The molecule has 1 aliphatic carbocycles. The van der Waals surface area contributed by atoms with Crippen molar-refractivity contribution in [2.24, 2.45) is 5.92 Å². The summed E-state index contributed by atoms with van der Waals surface area (Å²) >= 11 is 0. The molecule has 2 aliphatic rings. The summed E-state index contributed by atoms with van der Waals surface area (Å²) in [5.41, 5.74) is 10.3. The molecule has 0 spiro atoms. The maximum absolute atomic E-state index is 4.22. The Bertz CT molecular complexity index is 1390. The van der Waals surface area contributed by atoms with Crippen LogP contribution in [0.2, 0.25) is 0 Å². The SMILES string of the molecule is CC.CC1=C2[C-](C)[n+]3cc(-c4ccccc4)c(C)cc3C2(C)C=CC1C.[Er].[c-]1ccccc1-c1ccccn1. The van der Waals surface area contributed by atoms with Gasteiger partial charge in [0, 0.05) is 54.5 Å². The van der Waals surface area contributed by atoms with E-state index in [-0.39, 0.29) is 42.7 Å². The van der Waals surface area contributed by atoms with Gasteiger partial charge < -0.3 is 4.98 Å². The summed E-state index contributed by atoms with van der Waals surface area (Å²) in [6.45, 7) is 15.4. The molecule has 3 heteroatoms. The molecule has 0 bridgehead atoms. The molecule has 2 unspecified atom stereocenters. The summed E-state index contributed by atoms with van der Waals surface area (Å²) in [4.78, 5) is 4.22. The van der Waals surface area contributed by atoms with Gasteiger partial charge in [-0.2, -0.15) is 0 Å². The van der Waals surface area contributed by atoms with E-state index >= 15 is 0 Å². The van der Waals surface area contributed by atoms with E-state index in [1.54, 1.807) is 6.20 Å². The molecule has 2 aromatic heterocycles. The van der Waals surface area contributed by atoms with Crippen molar-refractivity contribution in [1.29, 1.82) is 0 Å².